The number of carbonyl (C=O) groups excluding carboxylic acids is 2. The lowest BCUT2D eigenvalue weighted by atomic mass is 10.0. The Morgan fingerprint density at radius 1 is 1.27 bits per heavy atom. The molecule has 0 radical (unpaired) electrons. The summed E-state index contributed by atoms with van der Waals surface area (Å²) in [4.78, 5) is 37.6. The molecule has 0 unspecified atom stereocenters. The quantitative estimate of drug-likeness (QED) is 0.610. The van der Waals surface area contributed by atoms with Crippen molar-refractivity contribution in [1.82, 2.24) is 10.2 Å². The highest BCUT2D eigenvalue weighted by atomic mass is 35.5. The second kappa shape index (κ2) is 9.09. The predicted molar refractivity (Wildman–Crippen MR) is 99.6 cm³/mol. The fourth-order valence-electron chi connectivity index (χ4n) is 2.82. The minimum atomic E-state index is -1.11. The number of carboxylic acids is 1. The van der Waals surface area contributed by atoms with Gasteiger partial charge >= 0.3 is 12.0 Å². The number of rotatable bonds is 7. The molecule has 1 aromatic rings. The second-order valence-electron chi connectivity index (χ2n) is 6.14. The normalized spacial score (nSPS) is 19.5. The topological polar surface area (TPSA) is 98.7 Å². The molecule has 9 heteroatoms. The number of hydrogen-bond acceptors (Lipinski definition) is 3. The maximum absolute atomic E-state index is 12.5. The monoisotopic (exact) mass is 401 g/mol. The molecule has 0 spiro atoms. The number of unbranched alkanes of at least 4 members (excludes halogenated alkanes) is 2. The first-order valence-electron chi connectivity index (χ1n) is 8.37. The van der Waals surface area contributed by atoms with Crippen LogP contribution < -0.4 is 10.6 Å². The summed E-state index contributed by atoms with van der Waals surface area (Å²) in [6, 6.07) is 2.76. The van der Waals surface area contributed by atoms with Gasteiger partial charge in [0.2, 0.25) is 5.91 Å². The molecule has 0 aliphatic carbocycles. The molecule has 0 aromatic heterocycles. The third-order valence-electron chi connectivity index (χ3n) is 4.21. The van der Waals surface area contributed by atoms with Gasteiger partial charge in [-0.3, -0.25) is 9.59 Å². The first-order chi connectivity index (χ1) is 12.3. The van der Waals surface area contributed by atoms with E-state index in [1.54, 1.807) is 6.07 Å². The number of urea groups is 1. The highest BCUT2D eigenvalue weighted by Crippen LogP contribution is 2.25. The van der Waals surface area contributed by atoms with Gasteiger partial charge in [0.15, 0.2) is 0 Å². The predicted octanol–water partition coefficient (Wildman–Crippen LogP) is 3.22. The largest absolute Gasteiger partial charge is 0.481 e. The molecule has 7 nitrogen and oxygen atoms in total. The van der Waals surface area contributed by atoms with Crippen LogP contribution in [0.4, 0.5) is 10.5 Å². The van der Waals surface area contributed by atoms with E-state index in [4.69, 9.17) is 23.2 Å². The van der Waals surface area contributed by atoms with Gasteiger partial charge in [0.05, 0.1) is 10.0 Å². The number of nitrogens with one attached hydrogen (secondary N) is 2. The number of hydrogen-bond donors (Lipinski definition) is 3. The summed E-state index contributed by atoms with van der Waals surface area (Å²) >= 11 is 11.7. The summed E-state index contributed by atoms with van der Waals surface area (Å²) in [6.07, 6.45) is 2.76. The van der Waals surface area contributed by atoms with E-state index in [-0.39, 0.29) is 17.5 Å². The number of halogens is 2. The van der Waals surface area contributed by atoms with Gasteiger partial charge in [-0.1, -0.05) is 43.0 Å². The Morgan fingerprint density at radius 3 is 2.62 bits per heavy atom. The number of aliphatic carboxylic acids is 1. The highest BCUT2D eigenvalue weighted by molar-refractivity contribution is 6.42. The Morgan fingerprint density at radius 2 is 2.00 bits per heavy atom. The molecule has 3 N–H and O–H groups in total. The van der Waals surface area contributed by atoms with Gasteiger partial charge in [0.25, 0.3) is 0 Å². The molecule has 1 aliphatic rings. The zero-order valence-electron chi connectivity index (χ0n) is 14.3. The molecule has 1 aliphatic heterocycles. The van der Waals surface area contributed by atoms with E-state index in [9.17, 15) is 19.5 Å². The molecule has 2 rings (SSSR count). The van der Waals surface area contributed by atoms with E-state index < -0.39 is 24.0 Å². The van der Waals surface area contributed by atoms with Crippen LogP contribution in [0.3, 0.4) is 0 Å². The molecule has 0 saturated carbocycles. The maximum Gasteiger partial charge on any atom is 0.319 e. The lowest BCUT2D eigenvalue weighted by molar-refractivity contribution is -0.142. The van der Waals surface area contributed by atoms with Crippen molar-refractivity contribution in [3.8, 4) is 0 Å². The smallest absolute Gasteiger partial charge is 0.319 e. The fourth-order valence-corrected chi connectivity index (χ4v) is 3.12. The zero-order valence-corrected chi connectivity index (χ0v) is 15.8. The van der Waals surface area contributed by atoms with Crippen molar-refractivity contribution in [2.75, 3.05) is 18.4 Å². The van der Waals surface area contributed by atoms with Crippen molar-refractivity contribution >= 4 is 46.8 Å². The number of carboxylic acid groups (broad SMARTS) is 1. The van der Waals surface area contributed by atoms with Gasteiger partial charge in [-0.2, -0.15) is 0 Å². The first-order valence-corrected chi connectivity index (χ1v) is 9.13. The Kier molecular flexibility index (Phi) is 7.11. The van der Waals surface area contributed by atoms with Gasteiger partial charge in [-0.25, -0.2) is 4.79 Å². The average Bonchev–Trinajstić information content (AvgIpc) is 2.88. The molecule has 1 heterocycles. The van der Waals surface area contributed by atoms with Crippen LogP contribution in [0.15, 0.2) is 18.2 Å². The lowest BCUT2D eigenvalue weighted by Crippen LogP contribution is -2.47. The van der Waals surface area contributed by atoms with Crippen molar-refractivity contribution in [2.45, 2.75) is 32.2 Å². The van der Waals surface area contributed by atoms with Crippen molar-refractivity contribution in [1.29, 1.82) is 0 Å². The van der Waals surface area contributed by atoms with E-state index >= 15 is 0 Å². The summed E-state index contributed by atoms with van der Waals surface area (Å²) in [7, 11) is 0. The standard InChI is InChI=1S/C17H21Cl2N3O4/c1-2-3-4-7-22-9-11(16(24)25)14(15(22)23)21-17(26)20-10-5-6-12(18)13(19)8-10/h5-6,8,11,14H,2-4,7,9H2,1H3,(H,24,25)(H2,20,21,26)/t11-,14-/m0/s1. The van der Waals surface area contributed by atoms with E-state index in [0.717, 1.165) is 19.3 Å². The van der Waals surface area contributed by atoms with E-state index in [0.29, 0.717) is 17.3 Å². The summed E-state index contributed by atoms with van der Waals surface area (Å²) < 4.78 is 0. The molecule has 142 valence electrons. The lowest BCUT2D eigenvalue weighted by Gasteiger charge is -2.17. The first kappa shape index (κ1) is 20.3. The van der Waals surface area contributed by atoms with Crippen molar-refractivity contribution in [3.05, 3.63) is 28.2 Å². The van der Waals surface area contributed by atoms with Crippen LogP contribution in [-0.2, 0) is 9.59 Å². The minimum Gasteiger partial charge on any atom is -0.481 e. The van der Waals surface area contributed by atoms with Gasteiger partial charge < -0.3 is 20.6 Å². The Hall–Kier alpha value is -1.99. The van der Waals surface area contributed by atoms with Crippen molar-refractivity contribution in [3.63, 3.8) is 0 Å². The average molecular weight is 402 g/mol. The Balaban J connectivity index is 2.02. The number of carbonyl (C=O) groups is 3. The van der Waals surface area contributed by atoms with Crippen LogP contribution in [0.5, 0.6) is 0 Å². The number of benzene rings is 1. The molecular weight excluding hydrogens is 381 g/mol. The van der Waals surface area contributed by atoms with Crippen LogP contribution >= 0.6 is 23.2 Å². The van der Waals surface area contributed by atoms with E-state index in [1.807, 2.05) is 6.92 Å². The Labute approximate surface area is 161 Å². The summed E-state index contributed by atoms with van der Waals surface area (Å²) in [5.41, 5.74) is 0.383. The number of amides is 3. The molecule has 26 heavy (non-hydrogen) atoms. The number of nitrogens with zero attached hydrogens (tertiary/aromatic N) is 1. The van der Waals surface area contributed by atoms with Crippen LogP contribution in [0.1, 0.15) is 26.2 Å². The van der Waals surface area contributed by atoms with Crippen molar-refractivity contribution in [2.24, 2.45) is 5.92 Å². The molecule has 1 aromatic carbocycles. The summed E-state index contributed by atoms with van der Waals surface area (Å²) in [5.74, 6) is -2.47. The van der Waals surface area contributed by atoms with Gasteiger partial charge in [-0.15, -0.1) is 0 Å². The van der Waals surface area contributed by atoms with Crippen LogP contribution in [0.2, 0.25) is 10.0 Å². The molecule has 0 bridgehead atoms. The highest BCUT2D eigenvalue weighted by Gasteiger charge is 2.45. The second-order valence-corrected chi connectivity index (χ2v) is 6.96. The number of likely N-dealkylation sites (tertiary alicyclic amines) is 1. The minimum absolute atomic E-state index is 0.0929. The molecule has 1 saturated heterocycles. The Bertz CT molecular complexity index is 699. The van der Waals surface area contributed by atoms with Gasteiger partial charge in [-0.05, 0) is 24.6 Å². The summed E-state index contributed by atoms with van der Waals surface area (Å²) in [5, 5.41) is 15.0. The summed E-state index contributed by atoms with van der Waals surface area (Å²) in [6.45, 7) is 2.63. The molecule has 1 fully saturated rings. The zero-order chi connectivity index (χ0) is 19.3. The van der Waals surface area contributed by atoms with Crippen LogP contribution in [0.25, 0.3) is 0 Å². The van der Waals surface area contributed by atoms with Crippen LogP contribution in [0, 0.1) is 5.92 Å². The third kappa shape index (κ3) is 5.02. The van der Waals surface area contributed by atoms with E-state index in [1.165, 1.54) is 17.0 Å². The molecular formula is C17H21Cl2N3O4. The SMILES string of the molecule is CCCCCN1C[C@H](C(=O)O)[C@H](NC(=O)Nc2ccc(Cl)c(Cl)c2)C1=O. The fraction of sp³-hybridized carbons (Fsp3) is 0.471. The maximum atomic E-state index is 12.5. The van der Waals surface area contributed by atoms with Crippen LogP contribution in [-0.4, -0.2) is 47.0 Å². The number of anilines is 1. The molecule has 2 atom stereocenters. The molecule has 3 amide bonds. The van der Waals surface area contributed by atoms with Gasteiger partial charge in [0, 0.05) is 18.8 Å². The van der Waals surface area contributed by atoms with E-state index in [2.05, 4.69) is 10.6 Å². The van der Waals surface area contributed by atoms with Gasteiger partial charge in [0.1, 0.15) is 12.0 Å². The third-order valence-corrected chi connectivity index (χ3v) is 4.95. The van der Waals surface area contributed by atoms with Crippen molar-refractivity contribution < 1.29 is 19.5 Å².